The van der Waals surface area contributed by atoms with Gasteiger partial charge < -0.3 is 0 Å². The van der Waals surface area contributed by atoms with E-state index in [1.165, 1.54) is 6.42 Å². The van der Waals surface area contributed by atoms with Crippen LogP contribution in [0.3, 0.4) is 0 Å². The van der Waals surface area contributed by atoms with Crippen LogP contribution in [0.25, 0.3) is 0 Å². The summed E-state index contributed by atoms with van der Waals surface area (Å²) in [5.41, 5.74) is 13.1. The van der Waals surface area contributed by atoms with Gasteiger partial charge in [-0.3, -0.25) is 0 Å². The lowest BCUT2D eigenvalue weighted by molar-refractivity contribution is 0.364. The fraction of sp³-hybridized carbons (Fsp3) is 0.407. The zero-order valence-corrected chi connectivity index (χ0v) is 18.0. The summed E-state index contributed by atoms with van der Waals surface area (Å²) < 4.78 is 0. The summed E-state index contributed by atoms with van der Waals surface area (Å²) in [5, 5.41) is 0. The summed E-state index contributed by atoms with van der Waals surface area (Å²) >= 11 is 0. The Balaban J connectivity index is 1.87. The first-order valence-electron chi connectivity index (χ1n) is 10.9. The van der Waals surface area contributed by atoms with Crippen molar-refractivity contribution in [2.24, 2.45) is 5.92 Å². The van der Waals surface area contributed by atoms with Gasteiger partial charge in [-0.25, -0.2) is 0 Å². The summed E-state index contributed by atoms with van der Waals surface area (Å²) in [4.78, 5) is 0. The van der Waals surface area contributed by atoms with Crippen LogP contribution in [0, 0.1) is 5.92 Å². The molecule has 2 aromatic rings. The molecule has 0 radical (unpaired) electrons. The van der Waals surface area contributed by atoms with E-state index in [1.807, 2.05) is 0 Å². The molecule has 28 heavy (non-hydrogen) atoms. The van der Waals surface area contributed by atoms with Gasteiger partial charge in [0.15, 0.2) is 0 Å². The average molecular weight is 364 g/mol. The monoisotopic (exact) mass is 364 g/mol. The van der Waals surface area contributed by atoms with Gasteiger partial charge in [-0.1, -0.05) is 106 Å². The molecule has 4 aliphatic rings. The Labute approximate surface area is 169 Å². The first-order valence-corrected chi connectivity index (χ1v) is 10.9. The fourth-order valence-corrected chi connectivity index (χ4v) is 7.22. The van der Waals surface area contributed by atoms with Crippen LogP contribution in [0.1, 0.15) is 70.2 Å². The molecular weight excluding hydrogens is 335 g/mol. The largest absolute Gasteiger partial charge is 0.239 e. The number of rotatable bonds is 0. The molecule has 0 saturated carbocycles. The number of benzene rings is 2. The molecule has 0 amide bonds. The van der Waals surface area contributed by atoms with Crippen molar-refractivity contribution in [3.05, 3.63) is 81.8 Å². The molecule has 0 fully saturated rings. The smallest absolute Gasteiger partial charge is 0.0837 e. The van der Waals surface area contributed by atoms with Gasteiger partial charge in [0.1, 0.15) is 0 Å². The molecule has 0 N–H and O–H groups in total. The molecule has 140 valence electrons. The van der Waals surface area contributed by atoms with Crippen molar-refractivity contribution in [3.8, 4) is 0 Å². The minimum Gasteiger partial charge on any atom is -0.0837 e. The van der Waals surface area contributed by atoms with Crippen LogP contribution < -0.4 is 10.9 Å². The zero-order valence-electron chi connectivity index (χ0n) is 18.0. The second kappa shape index (κ2) is 4.75. The molecule has 6 rings (SSSR count). The maximum absolute atomic E-state index is 2.49. The van der Waals surface area contributed by atoms with Crippen LogP contribution in [0.5, 0.6) is 0 Å². The first-order chi connectivity index (χ1) is 13.2. The van der Waals surface area contributed by atoms with Crippen LogP contribution in [0.2, 0.25) is 0 Å². The normalized spacial score (nSPS) is 26.2. The number of hydrogen-bond donors (Lipinski definition) is 0. The van der Waals surface area contributed by atoms with Crippen LogP contribution >= 0.6 is 0 Å². The SMILES string of the molecule is CC1(C)C2=C3B4c5c1cccc5C(C)(C)c1cccc(c14)C(C)(C)[C@H]3CC=C2. The van der Waals surface area contributed by atoms with Crippen molar-refractivity contribution in [1.82, 2.24) is 0 Å². The second-order valence-corrected chi connectivity index (χ2v) is 11.0. The Morgan fingerprint density at radius 3 is 1.93 bits per heavy atom. The van der Waals surface area contributed by atoms with Gasteiger partial charge in [-0.2, -0.15) is 0 Å². The lowest BCUT2D eigenvalue weighted by Gasteiger charge is -2.56. The van der Waals surface area contributed by atoms with Gasteiger partial charge in [0, 0.05) is 10.8 Å². The van der Waals surface area contributed by atoms with Gasteiger partial charge in [-0.15, -0.1) is 0 Å². The van der Waals surface area contributed by atoms with Crippen molar-refractivity contribution in [3.63, 3.8) is 0 Å². The summed E-state index contributed by atoms with van der Waals surface area (Å²) in [6.45, 7) is 15.2. The topological polar surface area (TPSA) is 0 Å². The highest BCUT2D eigenvalue weighted by Crippen LogP contribution is 2.54. The van der Waals surface area contributed by atoms with Gasteiger partial charge in [0.05, 0.1) is 0 Å². The van der Waals surface area contributed by atoms with Crippen LogP contribution in [0.15, 0.2) is 59.6 Å². The van der Waals surface area contributed by atoms with E-state index in [2.05, 4.69) is 90.1 Å². The van der Waals surface area contributed by atoms with E-state index in [0.29, 0.717) is 12.6 Å². The van der Waals surface area contributed by atoms with Crippen LogP contribution in [0.4, 0.5) is 0 Å². The lowest BCUT2D eigenvalue weighted by Crippen LogP contribution is -2.67. The standard InChI is InChI=1S/C27H29B/c1-25(2)16-10-7-12-18-22(16)28-23-17(25)11-8-13-19(23)27(5,6)21-15-9-14-20(24(21)28)26(18,3)4/h7-14,21H,15H2,1-6H3/t21-/m0/s1. The first kappa shape index (κ1) is 16.9. The van der Waals surface area contributed by atoms with Gasteiger partial charge >= 0.3 is 0 Å². The third-order valence-electron chi connectivity index (χ3n) is 8.70. The predicted molar refractivity (Wildman–Crippen MR) is 120 cm³/mol. The van der Waals surface area contributed by atoms with E-state index in [0.717, 1.165) is 0 Å². The van der Waals surface area contributed by atoms with E-state index in [1.54, 1.807) is 44.2 Å². The van der Waals surface area contributed by atoms with Gasteiger partial charge in [0.2, 0.25) is 6.71 Å². The minimum atomic E-state index is 0.0503. The molecule has 2 aromatic carbocycles. The maximum atomic E-state index is 2.49. The minimum absolute atomic E-state index is 0.0503. The molecule has 1 heteroatoms. The Bertz CT molecular complexity index is 1120. The highest BCUT2D eigenvalue weighted by molar-refractivity contribution is 6.93. The average Bonchev–Trinajstić information content (AvgIpc) is 2.66. The van der Waals surface area contributed by atoms with Gasteiger partial charge in [-0.05, 0) is 45.6 Å². The third kappa shape index (κ3) is 1.64. The highest BCUT2D eigenvalue weighted by atomic mass is 14.5. The Morgan fingerprint density at radius 2 is 1.29 bits per heavy atom. The number of hydrogen-bond acceptors (Lipinski definition) is 0. The van der Waals surface area contributed by atoms with Gasteiger partial charge in [0.25, 0.3) is 0 Å². The van der Waals surface area contributed by atoms with E-state index >= 15 is 0 Å². The maximum Gasteiger partial charge on any atom is 0.239 e. The predicted octanol–water partition coefficient (Wildman–Crippen LogP) is 4.93. The molecule has 3 heterocycles. The second-order valence-electron chi connectivity index (χ2n) is 11.0. The van der Waals surface area contributed by atoms with Crippen LogP contribution in [-0.4, -0.2) is 6.71 Å². The van der Waals surface area contributed by atoms with E-state index in [-0.39, 0.29) is 16.2 Å². The summed E-state index contributed by atoms with van der Waals surface area (Å²) in [7, 11) is 0. The van der Waals surface area contributed by atoms with E-state index in [4.69, 9.17) is 0 Å². The van der Waals surface area contributed by atoms with Crippen molar-refractivity contribution in [1.29, 1.82) is 0 Å². The molecule has 3 aliphatic heterocycles. The summed E-state index contributed by atoms with van der Waals surface area (Å²) in [6.07, 6.45) is 6.08. The Kier molecular flexibility index (Phi) is 2.87. The van der Waals surface area contributed by atoms with E-state index < -0.39 is 0 Å². The molecular formula is C27H29B. The molecule has 0 spiro atoms. The molecule has 0 unspecified atom stereocenters. The molecule has 1 aliphatic carbocycles. The van der Waals surface area contributed by atoms with Crippen molar-refractivity contribution < 1.29 is 0 Å². The molecule has 0 aromatic heterocycles. The van der Waals surface area contributed by atoms with Crippen molar-refractivity contribution >= 4 is 17.6 Å². The summed E-state index contributed by atoms with van der Waals surface area (Å²) in [6, 6.07) is 14.3. The molecule has 0 bridgehead atoms. The van der Waals surface area contributed by atoms with E-state index in [9.17, 15) is 0 Å². The Morgan fingerprint density at radius 1 is 0.750 bits per heavy atom. The van der Waals surface area contributed by atoms with Crippen molar-refractivity contribution in [2.45, 2.75) is 64.2 Å². The highest BCUT2D eigenvalue weighted by Gasteiger charge is 2.56. The fourth-order valence-electron chi connectivity index (χ4n) is 7.22. The number of allylic oxidation sites excluding steroid dienone is 4. The van der Waals surface area contributed by atoms with Crippen molar-refractivity contribution in [2.75, 3.05) is 0 Å². The Hall–Kier alpha value is -2.02. The molecule has 0 saturated heterocycles. The van der Waals surface area contributed by atoms with Crippen LogP contribution in [-0.2, 0) is 16.2 Å². The third-order valence-corrected chi connectivity index (χ3v) is 8.70. The quantitative estimate of drug-likeness (QED) is 0.582. The lowest BCUT2D eigenvalue weighted by atomic mass is 9.21. The zero-order chi connectivity index (χ0) is 19.6. The molecule has 0 nitrogen and oxygen atoms in total. The summed E-state index contributed by atoms with van der Waals surface area (Å²) in [5.74, 6) is 0.599. The molecule has 1 atom stereocenters.